The Morgan fingerprint density at radius 1 is 1.35 bits per heavy atom. The van der Waals surface area contributed by atoms with Crippen molar-refractivity contribution in [2.75, 3.05) is 11.9 Å². The zero-order valence-electron chi connectivity index (χ0n) is 20.5. The summed E-state index contributed by atoms with van der Waals surface area (Å²) in [4.78, 5) is 16.9. The second-order valence-electron chi connectivity index (χ2n) is 10.0. The fraction of sp³-hybridized carbons (Fsp3) is 0.480. The molecule has 3 heterocycles. The molecule has 8 nitrogen and oxygen atoms in total. The monoisotopic (exact) mass is 529 g/mol. The van der Waals surface area contributed by atoms with Gasteiger partial charge < -0.3 is 20.1 Å². The van der Waals surface area contributed by atoms with Gasteiger partial charge in [-0.05, 0) is 64.8 Å². The highest BCUT2D eigenvalue weighted by atomic mass is 79.9. The first kappa shape index (κ1) is 24.3. The molecule has 3 aromatic rings. The highest BCUT2D eigenvalue weighted by molar-refractivity contribution is 9.10. The Kier molecular flexibility index (Phi) is 6.50. The number of nitrogens with one attached hydrogen (secondary N) is 2. The number of halogens is 1. The van der Waals surface area contributed by atoms with E-state index in [9.17, 15) is 4.79 Å². The van der Waals surface area contributed by atoms with Crippen molar-refractivity contribution in [1.29, 1.82) is 0 Å². The molecule has 9 heteroatoms. The maximum absolute atomic E-state index is 12.2. The Bertz CT molecular complexity index is 1220. The van der Waals surface area contributed by atoms with Crippen LogP contribution >= 0.6 is 15.9 Å². The number of rotatable bonds is 6. The van der Waals surface area contributed by atoms with Crippen LogP contribution in [0.25, 0.3) is 5.65 Å². The maximum atomic E-state index is 12.2. The number of fused-ring (bicyclic) bond motifs is 2. The number of benzene rings is 1. The van der Waals surface area contributed by atoms with E-state index in [2.05, 4.69) is 57.6 Å². The van der Waals surface area contributed by atoms with Crippen LogP contribution in [-0.2, 0) is 17.6 Å². The lowest BCUT2D eigenvalue weighted by Crippen LogP contribution is -2.45. The zero-order valence-corrected chi connectivity index (χ0v) is 22.1. The van der Waals surface area contributed by atoms with Crippen LogP contribution in [0.4, 0.5) is 10.6 Å². The van der Waals surface area contributed by atoms with Crippen LogP contribution in [0.3, 0.4) is 0 Å². The standard InChI is InChI=1S/C25H32BrN5O3/c1-7-18-12-21-29-20(8-9-31(21)30-18)28-15(2)19-11-17(26)10-16-13-25(6,33-22(16)19)14-27-23(32)34-24(3,4)5/h8-12,15H,7,13-14H2,1-6H3,(H,27,32)(H,28,29)/t15-,25?/m1/s1. The fourth-order valence-electron chi connectivity index (χ4n) is 4.09. The highest BCUT2D eigenvalue weighted by Crippen LogP contribution is 2.42. The lowest BCUT2D eigenvalue weighted by molar-refractivity contribution is 0.0447. The molecule has 0 spiro atoms. The van der Waals surface area contributed by atoms with Crippen LogP contribution in [0.5, 0.6) is 5.75 Å². The number of ether oxygens (including phenoxy) is 2. The molecule has 0 aliphatic carbocycles. The number of hydrogen-bond donors (Lipinski definition) is 2. The number of nitrogens with zero attached hydrogens (tertiary/aromatic N) is 3. The molecular weight excluding hydrogens is 498 g/mol. The van der Waals surface area contributed by atoms with Crippen LogP contribution < -0.4 is 15.4 Å². The first-order valence-corrected chi connectivity index (χ1v) is 12.3. The minimum atomic E-state index is -0.570. The molecule has 0 saturated heterocycles. The van der Waals surface area contributed by atoms with E-state index in [4.69, 9.17) is 14.5 Å². The Morgan fingerprint density at radius 2 is 2.12 bits per heavy atom. The van der Waals surface area contributed by atoms with Gasteiger partial charge in [0.05, 0.1) is 18.3 Å². The number of alkyl carbamates (subject to hydrolysis) is 1. The summed E-state index contributed by atoms with van der Waals surface area (Å²) < 4.78 is 14.6. The van der Waals surface area contributed by atoms with E-state index in [1.807, 2.05) is 46.0 Å². The van der Waals surface area contributed by atoms with Crippen molar-refractivity contribution in [2.24, 2.45) is 0 Å². The van der Waals surface area contributed by atoms with Crippen LogP contribution in [0, 0.1) is 0 Å². The molecule has 34 heavy (non-hydrogen) atoms. The van der Waals surface area contributed by atoms with Gasteiger partial charge in [-0.2, -0.15) is 5.10 Å². The first-order valence-electron chi connectivity index (χ1n) is 11.5. The SMILES string of the molecule is CCc1cc2nc(N[C@H](C)c3cc(Br)cc4c3OC(C)(CNC(=O)OC(C)(C)C)C4)ccn2n1. The molecular formula is C25H32BrN5O3. The van der Waals surface area contributed by atoms with E-state index in [0.717, 1.165) is 44.9 Å². The number of hydrogen-bond acceptors (Lipinski definition) is 6. The molecule has 1 aliphatic heterocycles. The third-order valence-corrected chi connectivity index (χ3v) is 6.10. The zero-order chi connectivity index (χ0) is 24.7. The molecule has 1 amide bonds. The third-order valence-electron chi connectivity index (χ3n) is 5.65. The van der Waals surface area contributed by atoms with Gasteiger partial charge in [0.1, 0.15) is 22.8 Å². The summed E-state index contributed by atoms with van der Waals surface area (Å²) in [7, 11) is 0. The number of anilines is 1. The van der Waals surface area contributed by atoms with Crippen LogP contribution in [-0.4, -0.2) is 38.4 Å². The smallest absolute Gasteiger partial charge is 0.407 e. The van der Waals surface area contributed by atoms with Crippen LogP contribution in [0.2, 0.25) is 0 Å². The van der Waals surface area contributed by atoms with E-state index in [-0.39, 0.29) is 6.04 Å². The van der Waals surface area contributed by atoms with Gasteiger partial charge in [-0.25, -0.2) is 14.3 Å². The van der Waals surface area contributed by atoms with Gasteiger partial charge in [0.2, 0.25) is 0 Å². The molecule has 0 saturated carbocycles. The van der Waals surface area contributed by atoms with Crippen LogP contribution in [0.1, 0.15) is 64.4 Å². The fourth-order valence-corrected chi connectivity index (χ4v) is 4.61. The van der Waals surface area contributed by atoms with Crippen molar-refractivity contribution in [3.8, 4) is 5.75 Å². The number of carbonyl (C=O) groups is 1. The van der Waals surface area contributed by atoms with E-state index in [1.165, 1.54) is 0 Å². The predicted octanol–water partition coefficient (Wildman–Crippen LogP) is 5.45. The third kappa shape index (κ3) is 5.46. The molecule has 1 aliphatic rings. The number of aromatic nitrogens is 3. The molecule has 2 N–H and O–H groups in total. The van der Waals surface area contributed by atoms with Crippen molar-refractivity contribution >= 4 is 33.5 Å². The summed E-state index contributed by atoms with van der Waals surface area (Å²) >= 11 is 3.65. The molecule has 0 fully saturated rings. The largest absolute Gasteiger partial charge is 0.485 e. The van der Waals surface area contributed by atoms with Crippen LogP contribution in [0.15, 0.2) is 34.9 Å². The second-order valence-corrected chi connectivity index (χ2v) is 11.0. The Labute approximate surface area is 208 Å². The number of carbonyl (C=O) groups excluding carboxylic acids is 1. The molecule has 0 bridgehead atoms. The van der Waals surface area contributed by atoms with Crippen molar-refractivity contribution in [2.45, 2.75) is 71.6 Å². The Morgan fingerprint density at radius 3 is 2.82 bits per heavy atom. The van der Waals surface area contributed by atoms with Gasteiger partial charge in [-0.3, -0.25) is 0 Å². The first-order chi connectivity index (χ1) is 15.9. The van der Waals surface area contributed by atoms with Crippen molar-refractivity contribution < 1.29 is 14.3 Å². The van der Waals surface area contributed by atoms with E-state index < -0.39 is 17.3 Å². The van der Waals surface area contributed by atoms with E-state index in [1.54, 1.807) is 4.52 Å². The number of aryl methyl sites for hydroxylation is 1. The average Bonchev–Trinajstić information content (AvgIpc) is 3.30. The predicted molar refractivity (Wildman–Crippen MR) is 136 cm³/mol. The molecule has 4 rings (SSSR count). The molecule has 2 aromatic heterocycles. The van der Waals surface area contributed by atoms with Gasteiger partial charge in [0, 0.05) is 28.7 Å². The summed E-state index contributed by atoms with van der Waals surface area (Å²) in [5.41, 5.74) is 2.82. The number of amides is 1. The van der Waals surface area contributed by atoms with Gasteiger partial charge in [0.25, 0.3) is 0 Å². The van der Waals surface area contributed by atoms with Gasteiger partial charge in [-0.15, -0.1) is 0 Å². The molecule has 2 atom stereocenters. The normalized spacial score (nSPS) is 18.3. The van der Waals surface area contributed by atoms with Gasteiger partial charge >= 0.3 is 6.09 Å². The molecule has 1 aromatic carbocycles. The van der Waals surface area contributed by atoms with Crippen molar-refractivity contribution in [3.05, 3.63) is 51.8 Å². The molecule has 1 unspecified atom stereocenters. The quantitative estimate of drug-likeness (QED) is 0.441. The van der Waals surface area contributed by atoms with Gasteiger partial charge in [0.15, 0.2) is 5.65 Å². The lowest BCUT2D eigenvalue weighted by atomic mass is 9.97. The maximum Gasteiger partial charge on any atom is 0.407 e. The molecule has 0 radical (unpaired) electrons. The Hall–Kier alpha value is -2.81. The highest BCUT2D eigenvalue weighted by Gasteiger charge is 2.38. The summed E-state index contributed by atoms with van der Waals surface area (Å²) in [5, 5.41) is 10.8. The van der Waals surface area contributed by atoms with Gasteiger partial charge in [-0.1, -0.05) is 22.9 Å². The minimum absolute atomic E-state index is 0.0593. The van der Waals surface area contributed by atoms with Crippen molar-refractivity contribution in [3.63, 3.8) is 0 Å². The summed E-state index contributed by atoms with van der Waals surface area (Å²) in [5.74, 6) is 1.61. The van der Waals surface area contributed by atoms with E-state index in [0.29, 0.717) is 13.0 Å². The molecule has 182 valence electrons. The van der Waals surface area contributed by atoms with E-state index >= 15 is 0 Å². The van der Waals surface area contributed by atoms with Crippen molar-refractivity contribution in [1.82, 2.24) is 19.9 Å². The average molecular weight is 530 g/mol. The topological polar surface area (TPSA) is 89.8 Å². The summed E-state index contributed by atoms with van der Waals surface area (Å²) in [6.07, 6.45) is 3.01. The lowest BCUT2D eigenvalue weighted by Gasteiger charge is -2.27. The summed E-state index contributed by atoms with van der Waals surface area (Å²) in [6.45, 7) is 12.0. The summed E-state index contributed by atoms with van der Waals surface area (Å²) in [6, 6.07) is 8.00. The minimum Gasteiger partial charge on any atom is -0.485 e. The second kappa shape index (κ2) is 9.09. The Balaban J connectivity index is 1.50.